The second kappa shape index (κ2) is 5.46. The summed E-state index contributed by atoms with van der Waals surface area (Å²) in [5.74, 6) is -2.39. The number of amides is 1. The van der Waals surface area contributed by atoms with Crippen molar-refractivity contribution in [2.24, 2.45) is 23.7 Å². The molecule has 0 aromatic heterocycles. The van der Waals surface area contributed by atoms with Crippen LogP contribution in [0.4, 0.5) is 5.69 Å². The zero-order chi connectivity index (χ0) is 15.1. The molecule has 2 aliphatic rings. The number of fused-ring (bicyclic) bond motifs is 2. The van der Waals surface area contributed by atoms with Crippen LogP contribution in [0.25, 0.3) is 0 Å². The number of hydrogen-bond donors (Lipinski definition) is 2. The zero-order valence-electron chi connectivity index (χ0n) is 10.9. The molecule has 0 saturated heterocycles. The molecule has 1 fully saturated rings. The van der Waals surface area contributed by atoms with Gasteiger partial charge in [0.1, 0.15) is 0 Å². The lowest BCUT2D eigenvalue weighted by Crippen LogP contribution is -2.36. The lowest BCUT2D eigenvalue weighted by Gasteiger charge is -2.24. The quantitative estimate of drug-likeness (QED) is 0.800. The predicted octanol–water partition coefficient (Wildman–Crippen LogP) is 3.56. The number of carboxylic acid groups (broad SMARTS) is 1. The van der Waals surface area contributed by atoms with E-state index in [2.05, 4.69) is 21.2 Å². The Morgan fingerprint density at radius 1 is 1.24 bits per heavy atom. The highest BCUT2D eigenvalue weighted by atomic mass is 79.9. The first-order valence-electron chi connectivity index (χ1n) is 6.64. The van der Waals surface area contributed by atoms with Gasteiger partial charge in [-0.1, -0.05) is 39.7 Å². The summed E-state index contributed by atoms with van der Waals surface area (Å²) >= 11 is 9.38. The van der Waals surface area contributed by atoms with Crippen molar-refractivity contribution < 1.29 is 14.7 Å². The first kappa shape index (κ1) is 14.6. The third-order valence-corrected chi connectivity index (χ3v) is 5.04. The number of allylic oxidation sites excluding steroid dienone is 2. The van der Waals surface area contributed by atoms with Crippen molar-refractivity contribution in [3.8, 4) is 0 Å². The summed E-state index contributed by atoms with van der Waals surface area (Å²) in [5, 5.41) is 12.5. The fourth-order valence-electron chi connectivity index (χ4n) is 3.32. The number of halogens is 2. The zero-order valence-corrected chi connectivity index (χ0v) is 13.3. The van der Waals surface area contributed by atoms with E-state index in [0.29, 0.717) is 10.7 Å². The fourth-order valence-corrected chi connectivity index (χ4v) is 4.04. The van der Waals surface area contributed by atoms with E-state index in [1.165, 1.54) is 0 Å². The molecule has 0 spiro atoms. The number of hydrogen-bond acceptors (Lipinski definition) is 2. The smallest absolute Gasteiger partial charge is 0.307 e. The van der Waals surface area contributed by atoms with E-state index in [1.807, 2.05) is 12.2 Å². The molecule has 1 saturated carbocycles. The molecule has 0 heterocycles. The van der Waals surface area contributed by atoms with E-state index in [0.717, 1.165) is 10.9 Å². The molecular formula is C15H13BrClNO3. The van der Waals surface area contributed by atoms with Gasteiger partial charge >= 0.3 is 5.97 Å². The molecule has 1 aromatic rings. The average Bonchev–Trinajstić information content (AvgIpc) is 3.02. The van der Waals surface area contributed by atoms with Crippen molar-refractivity contribution in [1.82, 2.24) is 0 Å². The molecule has 1 aromatic carbocycles. The molecule has 21 heavy (non-hydrogen) atoms. The molecule has 2 bridgehead atoms. The number of anilines is 1. The Kier molecular flexibility index (Phi) is 3.80. The molecule has 0 aliphatic heterocycles. The van der Waals surface area contributed by atoms with Gasteiger partial charge < -0.3 is 10.4 Å². The Labute approximate surface area is 135 Å². The van der Waals surface area contributed by atoms with Crippen LogP contribution in [0.1, 0.15) is 6.42 Å². The summed E-state index contributed by atoms with van der Waals surface area (Å²) in [5.41, 5.74) is 0.501. The molecule has 0 radical (unpaired) electrons. The Morgan fingerprint density at radius 3 is 2.52 bits per heavy atom. The van der Waals surface area contributed by atoms with Gasteiger partial charge in [0, 0.05) is 4.47 Å². The van der Waals surface area contributed by atoms with Crippen LogP contribution >= 0.6 is 27.5 Å². The largest absolute Gasteiger partial charge is 0.481 e. The minimum atomic E-state index is -0.908. The molecule has 2 aliphatic carbocycles. The molecule has 0 unspecified atom stereocenters. The third kappa shape index (κ3) is 2.60. The molecular weight excluding hydrogens is 358 g/mol. The number of carboxylic acids is 1. The van der Waals surface area contributed by atoms with E-state index < -0.39 is 17.8 Å². The van der Waals surface area contributed by atoms with E-state index in [1.54, 1.807) is 18.2 Å². The van der Waals surface area contributed by atoms with Crippen LogP contribution in [0, 0.1) is 23.7 Å². The topological polar surface area (TPSA) is 66.4 Å². The van der Waals surface area contributed by atoms with Gasteiger partial charge in [0.25, 0.3) is 0 Å². The number of benzene rings is 1. The Balaban J connectivity index is 1.82. The Morgan fingerprint density at radius 2 is 1.90 bits per heavy atom. The van der Waals surface area contributed by atoms with Gasteiger partial charge in [0.2, 0.25) is 5.91 Å². The highest BCUT2D eigenvalue weighted by Gasteiger charge is 2.51. The first-order valence-corrected chi connectivity index (χ1v) is 7.81. The number of rotatable bonds is 3. The van der Waals surface area contributed by atoms with E-state index >= 15 is 0 Å². The summed E-state index contributed by atoms with van der Waals surface area (Å²) in [7, 11) is 0. The number of carbonyl (C=O) groups is 2. The third-order valence-electron chi connectivity index (χ3n) is 4.24. The lowest BCUT2D eigenvalue weighted by molar-refractivity contribution is -0.146. The van der Waals surface area contributed by atoms with E-state index in [9.17, 15) is 14.7 Å². The van der Waals surface area contributed by atoms with Gasteiger partial charge in [-0.15, -0.1) is 0 Å². The van der Waals surface area contributed by atoms with E-state index in [4.69, 9.17) is 11.6 Å². The summed E-state index contributed by atoms with van der Waals surface area (Å²) < 4.78 is 0.816. The molecule has 4 nitrogen and oxygen atoms in total. The number of aliphatic carboxylic acids is 1. The van der Waals surface area contributed by atoms with Crippen LogP contribution in [-0.2, 0) is 9.59 Å². The van der Waals surface area contributed by atoms with Gasteiger partial charge in [0.15, 0.2) is 0 Å². The lowest BCUT2D eigenvalue weighted by atomic mass is 9.82. The van der Waals surface area contributed by atoms with E-state index in [-0.39, 0.29) is 17.7 Å². The summed E-state index contributed by atoms with van der Waals surface area (Å²) in [4.78, 5) is 23.9. The van der Waals surface area contributed by atoms with Gasteiger partial charge in [-0.05, 0) is 36.5 Å². The average molecular weight is 371 g/mol. The highest BCUT2D eigenvalue weighted by molar-refractivity contribution is 9.10. The molecule has 6 heteroatoms. The Bertz CT molecular complexity index is 646. The van der Waals surface area contributed by atoms with Gasteiger partial charge in [-0.3, -0.25) is 9.59 Å². The second-order valence-electron chi connectivity index (χ2n) is 5.45. The first-order chi connectivity index (χ1) is 9.97. The van der Waals surface area contributed by atoms with Crippen molar-refractivity contribution in [2.75, 3.05) is 5.32 Å². The maximum atomic E-state index is 12.5. The van der Waals surface area contributed by atoms with Crippen LogP contribution in [-0.4, -0.2) is 17.0 Å². The van der Waals surface area contributed by atoms with Crippen LogP contribution in [0.5, 0.6) is 0 Å². The minimum absolute atomic E-state index is 0.00493. The Hall–Kier alpha value is -1.33. The fraction of sp³-hybridized carbons (Fsp3) is 0.333. The molecule has 1 amide bonds. The van der Waals surface area contributed by atoms with Crippen molar-refractivity contribution in [3.05, 3.63) is 39.8 Å². The van der Waals surface area contributed by atoms with Crippen molar-refractivity contribution in [3.63, 3.8) is 0 Å². The molecule has 3 rings (SSSR count). The van der Waals surface area contributed by atoms with Crippen molar-refractivity contribution >= 4 is 45.1 Å². The predicted molar refractivity (Wildman–Crippen MR) is 83.1 cm³/mol. The van der Waals surface area contributed by atoms with Crippen LogP contribution < -0.4 is 5.32 Å². The van der Waals surface area contributed by atoms with Crippen molar-refractivity contribution in [2.45, 2.75) is 6.42 Å². The number of carbonyl (C=O) groups excluding carboxylic acids is 1. The highest BCUT2D eigenvalue weighted by Crippen LogP contribution is 2.48. The normalized spacial score (nSPS) is 29.6. The maximum absolute atomic E-state index is 12.5. The minimum Gasteiger partial charge on any atom is -0.481 e. The molecule has 110 valence electrons. The molecule has 2 N–H and O–H groups in total. The summed E-state index contributed by atoms with van der Waals surface area (Å²) in [6.07, 6.45) is 4.61. The van der Waals surface area contributed by atoms with Gasteiger partial charge in [-0.2, -0.15) is 0 Å². The second-order valence-corrected chi connectivity index (χ2v) is 6.77. The number of nitrogens with one attached hydrogen (secondary N) is 1. The van der Waals surface area contributed by atoms with Crippen LogP contribution in [0.15, 0.2) is 34.8 Å². The SMILES string of the molecule is O=C(O)[C@@H]1[C@@H](C(=O)Nc2ccc(Br)cc2Cl)[C@H]2C=C[C@H]1C2. The maximum Gasteiger partial charge on any atom is 0.307 e. The van der Waals surface area contributed by atoms with Gasteiger partial charge in [-0.25, -0.2) is 0 Å². The van der Waals surface area contributed by atoms with Gasteiger partial charge in [0.05, 0.1) is 22.5 Å². The molecule has 4 atom stereocenters. The van der Waals surface area contributed by atoms with Crippen LogP contribution in [0.2, 0.25) is 5.02 Å². The van der Waals surface area contributed by atoms with Crippen molar-refractivity contribution in [1.29, 1.82) is 0 Å². The monoisotopic (exact) mass is 369 g/mol. The van der Waals surface area contributed by atoms with Crippen LogP contribution in [0.3, 0.4) is 0 Å². The summed E-state index contributed by atoms with van der Waals surface area (Å²) in [6.45, 7) is 0. The standard InChI is InChI=1S/C15H13BrClNO3/c16-9-3-4-11(10(17)6-9)18-14(19)12-7-1-2-8(5-7)13(12)15(20)21/h1-4,6-8,12-13H,5H2,(H,18,19)(H,20,21)/t7-,8-,12-,13-/m0/s1. The summed E-state index contributed by atoms with van der Waals surface area (Å²) in [6, 6.07) is 5.16.